The highest BCUT2D eigenvalue weighted by molar-refractivity contribution is 8.26. The molecule has 142 valence electrons. The molecule has 0 unspecified atom stereocenters. The first-order chi connectivity index (χ1) is 12.0. The van der Waals surface area contributed by atoms with Crippen molar-refractivity contribution < 1.29 is 27.4 Å². The summed E-state index contributed by atoms with van der Waals surface area (Å²) in [6, 6.07) is 4.73. The molecule has 1 aliphatic heterocycles. The molecule has 9 heteroatoms. The van der Waals surface area contributed by atoms with E-state index in [0.717, 1.165) is 12.1 Å². The smallest absolute Gasteiger partial charge is 0.393 e. The van der Waals surface area contributed by atoms with Crippen LogP contribution in [-0.4, -0.2) is 31.6 Å². The number of nitriles is 1. The van der Waals surface area contributed by atoms with E-state index in [1.165, 1.54) is 16.4 Å². The number of fused-ring (bicyclic) bond motifs is 5. The quantitative estimate of drug-likeness (QED) is 0.680. The summed E-state index contributed by atoms with van der Waals surface area (Å²) < 4.78 is 62.1. The fourth-order valence-corrected chi connectivity index (χ4v) is 7.85. The normalized spacial score (nSPS) is 38.9. The molecule has 2 saturated carbocycles. The van der Waals surface area contributed by atoms with E-state index >= 15 is 0 Å². The minimum Gasteiger partial charge on any atom is -0.393 e. The minimum absolute atomic E-state index is 0.0424. The van der Waals surface area contributed by atoms with Gasteiger partial charge in [0.1, 0.15) is 0 Å². The average molecular weight is 388 g/mol. The van der Waals surface area contributed by atoms with Gasteiger partial charge in [-0.2, -0.15) is 18.4 Å². The lowest BCUT2D eigenvalue weighted by Crippen LogP contribution is -2.46. The van der Waals surface area contributed by atoms with E-state index in [1.807, 2.05) is 0 Å². The van der Waals surface area contributed by atoms with E-state index in [2.05, 4.69) is 0 Å². The molecular formula is C17H19F3N2O3S. The first kappa shape index (κ1) is 17.9. The molecule has 0 radical (unpaired) electrons. The van der Waals surface area contributed by atoms with E-state index in [0.29, 0.717) is 12.8 Å². The second kappa shape index (κ2) is 5.29. The zero-order valence-corrected chi connectivity index (χ0v) is 14.8. The molecule has 0 spiro atoms. The zero-order valence-electron chi connectivity index (χ0n) is 13.9. The van der Waals surface area contributed by atoms with Gasteiger partial charge in [0.15, 0.2) is 0 Å². The fourth-order valence-electron chi connectivity index (χ4n) is 5.27. The number of alkyl halides is 3. The molecule has 3 N–H and O–H groups in total. The Kier molecular flexibility index (Phi) is 3.64. The molecule has 1 aromatic rings. The molecule has 4 rings (SSSR count). The third-order valence-corrected chi connectivity index (χ3v) is 9.34. The van der Waals surface area contributed by atoms with Crippen LogP contribution in [0.1, 0.15) is 30.9 Å². The third-order valence-electron chi connectivity index (χ3n) is 6.58. The zero-order chi connectivity index (χ0) is 19.1. The van der Waals surface area contributed by atoms with Gasteiger partial charge in [-0.1, -0.05) is 0 Å². The first-order valence-corrected chi connectivity index (χ1v) is 9.87. The molecule has 1 saturated heterocycles. The SMILES string of the molecule is C[C@@]12[C@@H](CN(c3ccc(C#N)c(C(F)(F)F)c3)S1(O)O)[C@H]1C[C@H](O)[C@@H]2C1. The Hall–Kier alpha value is -1.47. The Labute approximate surface area is 150 Å². The maximum atomic E-state index is 13.3. The summed E-state index contributed by atoms with van der Waals surface area (Å²) in [7, 11) is -3.44. The Bertz CT molecular complexity index is 809. The second-order valence-electron chi connectivity index (χ2n) is 7.61. The van der Waals surface area contributed by atoms with Gasteiger partial charge in [-0.05, 0) is 43.9 Å². The highest BCUT2D eigenvalue weighted by atomic mass is 32.3. The highest BCUT2D eigenvalue weighted by Crippen LogP contribution is 2.76. The standard InChI is InChI=1S/C17H19F3N2O3S/c1-16-13-4-10(5-15(13)23)14(16)8-22(26(16,24)25)11-3-2-9(7-21)12(6-11)17(18,19)20/h2-3,6,10,13-15,23-25H,4-5,8H2,1H3/t10-,13+,14+,15+,16-/m1/s1. The lowest BCUT2D eigenvalue weighted by Gasteiger charge is -2.52. The van der Waals surface area contributed by atoms with Crippen LogP contribution in [0.25, 0.3) is 0 Å². The molecule has 3 aliphatic rings. The maximum absolute atomic E-state index is 13.3. The number of aliphatic hydroxyl groups is 1. The molecule has 5 atom stereocenters. The van der Waals surface area contributed by atoms with Gasteiger partial charge in [-0.25, -0.2) is 0 Å². The Balaban J connectivity index is 1.78. The third kappa shape index (κ3) is 2.10. The van der Waals surface area contributed by atoms with Gasteiger partial charge in [-0.15, -0.1) is 10.8 Å². The average Bonchev–Trinajstić information content (AvgIpc) is 3.13. The topological polar surface area (TPSA) is 87.7 Å². The van der Waals surface area contributed by atoms with E-state index in [4.69, 9.17) is 5.26 Å². The summed E-state index contributed by atoms with van der Waals surface area (Å²) in [4.78, 5) is 0. The Morgan fingerprint density at radius 2 is 1.96 bits per heavy atom. The molecule has 2 aliphatic carbocycles. The van der Waals surface area contributed by atoms with Gasteiger partial charge in [0.25, 0.3) is 0 Å². The predicted octanol–water partition coefficient (Wildman–Crippen LogP) is 3.84. The summed E-state index contributed by atoms with van der Waals surface area (Å²) >= 11 is 0. The van der Waals surface area contributed by atoms with Crippen LogP contribution < -0.4 is 4.31 Å². The van der Waals surface area contributed by atoms with Gasteiger partial charge in [0.2, 0.25) is 0 Å². The Morgan fingerprint density at radius 3 is 2.58 bits per heavy atom. The molecule has 0 aromatic heterocycles. The van der Waals surface area contributed by atoms with Crippen LogP contribution in [0.2, 0.25) is 0 Å². The molecule has 1 heterocycles. The molecule has 2 bridgehead atoms. The highest BCUT2D eigenvalue weighted by Gasteiger charge is 2.70. The van der Waals surface area contributed by atoms with Crippen molar-refractivity contribution in [3.63, 3.8) is 0 Å². The van der Waals surface area contributed by atoms with Crippen LogP contribution in [0.3, 0.4) is 0 Å². The number of aliphatic hydroxyl groups excluding tert-OH is 1. The molecular weight excluding hydrogens is 369 g/mol. The summed E-state index contributed by atoms with van der Waals surface area (Å²) in [5, 5.41) is 19.2. The van der Waals surface area contributed by atoms with E-state index in [-0.39, 0.29) is 30.0 Å². The summed E-state index contributed by atoms with van der Waals surface area (Å²) in [6.45, 7) is 1.96. The molecule has 26 heavy (non-hydrogen) atoms. The maximum Gasteiger partial charge on any atom is 0.417 e. The minimum atomic E-state index is -4.71. The monoisotopic (exact) mass is 388 g/mol. The van der Waals surface area contributed by atoms with Crippen LogP contribution in [0.4, 0.5) is 18.9 Å². The van der Waals surface area contributed by atoms with Gasteiger partial charge in [-0.3, -0.25) is 13.4 Å². The molecule has 0 amide bonds. The van der Waals surface area contributed by atoms with Crippen molar-refractivity contribution in [3.05, 3.63) is 29.3 Å². The molecule has 3 fully saturated rings. The fraction of sp³-hybridized carbons (Fsp3) is 0.588. The number of anilines is 1. The van der Waals surface area contributed by atoms with Crippen molar-refractivity contribution in [2.75, 3.05) is 10.8 Å². The number of hydrogen-bond acceptors (Lipinski definition) is 5. The van der Waals surface area contributed by atoms with Crippen molar-refractivity contribution >= 4 is 16.5 Å². The van der Waals surface area contributed by atoms with Crippen LogP contribution in [0, 0.1) is 29.1 Å². The molecule has 5 nitrogen and oxygen atoms in total. The van der Waals surface area contributed by atoms with Crippen molar-refractivity contribution in [3.8, 4) is 6.07 Å². The number of halogens is 3. The summed E-state index contributed by atoms with van der Waals surface area (Å²) in [5.41, 5.74) is -1.54. The van der Waals surface area contributed by atoms with Gasteiger partial charge >= 0.3 is 6.18 Å². The summed E-state index contributed by atoms with van der Waals surface area (Å²) in [5.74, 6) is -0.226. The van der Waals surface area contributed by atoms with Crippen LogP contribution in [0.5, 0.6) is 0 Å². The Morgan fingerprint density at radius 1 is 1.27 bits per heavy atom. The predicted molar refractivity (Wildman–Crippen MR) is 90.5 cm³/mol. The number of hydrogen-bond donors (Lipinski definition) is 3. The lowest BCUT2D eigenvalue weighted by atomic mass is 9.78. The number of nitrogens with zero attached hydrogens (tertiary/aromatic N) is 2. The largest absolute Gasteiger partial charge is 0.417 e. The van der Waals surface area contributed by atoms with Gasteiger partial charge < -0.3 is 5.11 Å². The van der Waals surface area contributed by atoms with Gasteiger partial charge in [0.05, 0.1) is 33.7 Å². The van der Waals surface area contributed by atoms with Crippen LogP contribution in [0.15, 0.2) is 18.2 Å². The van der Waals surface area contributed by atoms with Crippen LogP contribution in [-0.2, 0) is 6.18 Å². The van der Waals surface area contributed by atoms with E-state index in [1.54, 1.807) is 6.92 Å². The van der Waals surface area contributed by atoms with E-state index in [9.17, 15) is 27.4 Å². The van der Waals surface area contributed by atoms with Crippen LogP contribution >= 0.6 is 10.8 Å². The van der Waals surface area contributed by atoms with Crippen molar-refractivity contribution in [2.45, 2.75) is 36.8 Å². The lowest BCUT2D eigenvalue weighted by molar-refractivity contribution is -0.137. The second-order valence-corrected chi connectivity index (χ2v) is 9.97. The van der Waals surface area contributed by atoms with Crippen molar-refractivity contribution in [2.24, 2.45) is 17.8 Å². The first-order valence-electron chi connectivity index (χ1n) is 8.36. The van der Waals surface area contributed by atoms with Crippen molar-refractivity contribution in [1.29, 1.82) is 5.26 Å². The number of rotatable bonds is 1. The molecule has 1 aromatic carbocycles. The number of benzene rings is 1. The van der Waals surface area contributed by atoms with Gasteiger partial charge in [0, 0.05) is 18.4 Å². The van der Waals surface area contributed by atoms with E-state index < -0.39 is 38.9 Å². The summed E-state index contributed by atoms with van der Waals surface area (Å²) in [6.07, 6.45) is -4.01. The van der Waals surface area contributed by atoms with Crippen molar-refractivity contribution in [1.82, 2.24) is 0 Å².